The lowest BCUT2D eigenvalue weighted by molar-refractivity contribution is 0.0906. The van der Waals surface area contributed by atoms with Gasteiger partial charge in [0.2, 0.25) is 0 Å². The standard InChI is InChI=1S/C9H18N2.2ClH/c10-8-6-9(7-8)11-4-2-1-3-5-11;;/h8-9H,1-7,10H2;2*1H. The molecule has 0 amide bonds. The molecule has 2 N–H and O–H groups in total. The van der Waals surface area contributed by atoms with E-state index in [0.717, 1.165) is 6.04 Å². The Morgan fingerprint density at radius 2 is 1.46 bits per heavy atom. The third-order valence-corrected chi connectivity index (χ3v) is 3.06. The molecule has 0 aromatic heterocycles. The molecular weight excluding hydrogens is 207 g/mol. The Kier molecular flexibility index (Phi) is 6.31. The van der Waals surface area contributed by atoms with Gasteiger partial charge in [-0.1, -0.05) is 6.42 Å². The molecule has 1 aliphatic carbocycles. The van der Waals surface area contributed by atoms with Crippen molar-refractivity contribution in [3.8, 4) is 0 Å². The van der Waals surface area contributed by atoms with Gasteiger partial charge in [-0.15, -0.1) is 24.8 Å². The monoisotopic (exact) mass is 226 g/mol. The number of halogens is 2. The molecule has 4 heteroatoms. The molecule has 1 aliphatic heterocycles. The van der Waals surface area contributed by atoms with Gasteiger partial charge in [0.05, 0.1) is 0 Å². The molecule has 0 aromatic carbocycles. The maximum atomic E-state index is 5.75. The molecule has 1 heterocycles. The summed E-state index contributed by atoms with van der Waals surface area (Å²) in [6, 6.07) is 1.37. The number of piperidine rings is 1. The van der Waals surface area contributed by atoms with Crippen molar-refractivity contribution in [2.24, 2.45) is 5.73 Å². The first-order valence-corrected chi connectivity index (χ1v) is 4.86. The summed E-state index contributed by atoms with van der Waals surface area (Å²) in [5, 5.41) is 0. The van der Waals surface area contributed by atoms with Crippen molar-refractivity contribution in [2.75, 3.05) is 13.1 Å². The maximum absolute atomic E-state index is 5.75. The summed E-state index contributed by atoms with van der Waals surface area (Å²) in [5.74, 6) is 0. The lowest BCUT2D eigenvalue weighted by Gasteiger charge is -2.43. The molecule has 2 fully saturated rings. The van der Waals surface area contributed by atoms with Crippen LogP contribution in [0.15, 0.2) is 0 Å². The van der Waals surface area contributed by atoms with Crippen molar-refractivity contribution in [3.05, 3.63) is 0 Å². The lowest BCUT2D eigenvalue weighted by Crippen LogP contribution is -2.52. The topological polar surface area (TPSA) is 29.3 Å². The van der Waals surface area contributed by atoms with Crippen molar-refractivity contribution in [1.29, 1.82) is 0 Å². The second-order valence-electron chi connectivity index (χ2n) is 3.98. The maximum Gasteiger partial charge on any atom is 0.0125 e. The minimum absolute atomic E-state index is 0. The summed E-state index contributed by atoms with van der Waals surface area (Å²) in [6.07, 6.45) is 6.76. The number of nitrogens with zero attached hydrogens (tertiary/aromatic N) is 1. The van der Waals surface area contributed by atoms with Crippen LogP contribution in [0.4, 0.5) is 0 Å². The number of hydrogen-bond donors (Lipinski definition) is 1. The van der Waals surface area contributed by atoms with E-state index >= 15 is 0 Å². The summed E-state index contributed by atoms with van der Waals surface area (Å²) < 4.78 is 0. The Bertz CT molecular complexity index is 132. The molecule has 80 valence electrons. The van der Waals surface area contributed by atoms with E-state index in [1.54, 1.807) is 0 Å². The van der Waals surface area contributed by atoms with Crippen LogP contribution in [0.25, 0.3) is 0 Å². The van der Waals surface area contributed by atoms with E-state index in [-0.39, 0.29) is 24.8 Å². The first-order chi connectivity index (χ1) is 5.36. The highest BCUT2D eigenvalue weighted by atomic mass is 35.5. The van der Waals surface area contributed by atoms with Gasteiger partial charge >= 0.3 is 0 Å². The summed E-state index contributed by atoms with van der Waals surface area (Å²) in [6.45, 7) is 2.66. The minimum atomic E-state index is 0. The highest BCUT2D eigenvalue weighted by Gasteiger charge is 2.31. The Hall–Kier alpha value is 0.500. The molecule has 2 aliphatic rings. The molecule has 1 saturated carbocycles. The van der Waals surface area contributed by atoms with E-state index in [4.69, 9.17) is 5.73 Å². The highest BCUT2D eigenvalue weighted by molar-refractivity contribution is 5.85. The number of hydrogen-bond acceptors (Lipinski definition) is 2. The second-order valence-corrected chi connectivity index (χ2v) is 3.98. The lowest BCUT2D eigenvalue weighted by atomic mass is 9.85. The fourth-order valence-electron chi connectivity index (χ4n) is 2.21. The van der Waals surface area contributed by atoms with Gasteiger partial charge in [-0.2, -0.15) is 0 Å². The van der Waals surface area contributed by atoms with Gasteiger partial charge in [-0.25, -0.2) is 0 Å². The number of likely N-dealkylation sites (tertiary alicyclic amines) is 1. The Labute approximate surface area is 93.1 Å². The zero-order chi connectivity index (χ0) is 7.68. The minimum Gasteiger partial charge on any atom is -0.328 e. The first-order valence-electron chi connectivity index (χ1n) is 4.86. The van der Waals surface area contributed by atoms with E-state index in [0.29, 0.717) is 6.04 Å². The predicted octanol–water partition coefficient (Wildman–Crippen LogP) is 1.81. The van der Waals surface area contributed by atoms with Crippen LogP contribution in [-0.4, -0.2) is 30.1 Å². The van der Waals surface area contributed by atoms with Crippen molar-refractivity contribution in [2.45, 2.75) is 44.2 Å². The van der Waals surface area contributed by atoms with Crippen molar-refractivity contribution in [3.63, 3.8) is 0 Å². The van der Waals surface area contributed by atoms with E-state index in [1.807, 2.05) is 0 Å². The normalized spacial score (nSPS) is 33.9. The molecular formula is C9H20Cl2N2. The Morgan fingerprint density at radius 1 is 0.923 bits per heavy atom. The summed E-state index contributed by atoms with van der Waals surface area (Å²) in [7, 11) is 0. The smallest absolute Gasteiger partial charge is 0.0125 e. The van der Waals surface area contributed by atoms with Crippen molar-refractivity contribution < 1.29 is 0 Å². The van der Waals surface area contributed by atoms with Crippen LogP contribution in [0.5, 0.6) is 0 Å². The van der Waals surface area contributed by atoms with Crippen LogP contribution in [-0.2, 0) is 0 Å². The van der Waals surface area contributed by atoms with E-state index in [9.17, 15) is 0 Å². The quantitative estimate of drug-likeness (QED) is 0.740. The molecule has 2 nitrogen and oxygen atoms in total. The third kappa shape index (κ3) is 3.28. The molecule has 0 radical (unpaired) electrons. The Morgan fingerprint density at radius 3 is 1.92 bits per heavy atom. The van der Waals surface area contributed by atoms with E-state index < -0.39 is 0 Å². The van der Waals surface area contributed by atoms with Crippen LogP contribution >= 0.6 is 24.8 Å². The fraction of sp³-hybridized carbons (Fsp3) is 1.00. The van der Waals surface area contributed by atoms with Gasteiger partial charge in [0.1, 0.15) is 0 Å². The molecule has 0 bridgehead atoms. The van der Waals surface area contributed by atoms with Gasteiger partial charge in [0.15, 0.2) is 0 Å². The first kappa shape index (κ1) is 13.5. The van der Waals surface area contributed by atoms with Crippen molar-refractivity contribution in [1.82, 2.24) is 4.90 Å². The number of rotatable bonds is 1. The molecule has 0 atom stereocenters. The van der Waals surface area contributed by atoms with Gasteiger partial charge in [0, 0.05) is 12.1 Å². The third-order valence-electron chi connectivity index (χ3n) is 3.06. The second kappa shape index (κ2) is 6.07. The molecule has 0 spiro atoms. The Balaban J connectivity index is 0.000000720. The molecule has 1 saturated heterocycles. The van der Waals surface area contributed by atoms with Gasteiger partial charge < -0.3 is 10.6 Å². The van der Waals surface area contributed by atoms with Crippen LogP contribution < -0.4 is 5.73 Å². The highest BCUT2D eigenvalue weighted by Crippen LogP contribution is 2.26. The predicted molar refractivity (Wildman–Crippen MR) is 60.9 cm³/mol. The average molecular weight is 227 g/mol. The fourth-order valence-corrected chi connectivity index (χ4v) is 2.21. The van der Waals surface area contributed by atoms with Gasteiger partial charge in [-0.3, -0.25) is 0 Å². The van der Waals surface area contributed by atoms with E-state index in [2.05, 4.69) is 4.90 Å². The molecule has 13 heavy (non-hydrogen) atoms. The van der Waals surface area contributed by atoms with Crippen LogP contribution in [0.1, 0.15) is 32.1 Å². The SMILES string of the molecule is Cl.Cl.NC1CC(N2CCCCC2)C1. The van der Waals surface area contributed by atoms with Crippen LogP contribution in [0, 0.1) is 0 Å². The zero-order valence-electron chi connectivity index (χ0n) is 7.95. The van der Waals surface area contributed by atoms with E-state index in [1.165, 1.54) is 45.2 Å². The van der Waals surface area contributed by atoms with Crippen LogP contribution in [0.2, 0.25) is 0 Å². The van der Waals surface area contributed by atoms with Crippen molar-refractivity contribution >= 4 is 24.8 Å². The molecule has 0 aromatic rings. The van der Waals surface area contributed by atoms with Crippen LogP contribution in [0.3, 0.4) is 0 Å². The zero-order valence-corrected chi connectivity index (χ0v) is 9.58. The van der Waals surface area contributed by atoms with Gasteiger partial charge in [-0.05, 0) is 38.8 Å². The largest absolute Gasteiger partial charge is 0.328 e. The van der Waals surface area contributed by atoms with Gasteiger partial charge in [0.25, 0.3) is 0 Å². The average Bonchev–Trinajstić information content (AvgIpc) is 2.01. The summed E-state index contributed by atoms with van der Waals surface area (Å²) >= 11 is 0. The summed E-state index contributed by atoms with van der Waals surface area (Å²) in [5.41, 5.74) is 5.75. The summed E-state index contributed by atoms with van der Waals surface area (Å²) in [4.78, 5) is 2.63. The molecule has 2 rings (SSSR count). The number of nitrogens with two attached hydrogens (primary N) is 1. The molecule has 0 unspecified atom stereocenters.